The molecule has 4 heteroatoms. The van der Waals surface area contributed by atoms with Gasteiger partial charge >= 0.3 is 0 Å². The van der Waals surface area contributed by atoms with E-state index in [9.17, 15) is 10.2 Å². The minimum Gasteiger partial charge on any atom is -0.507 e. The third kappa shape index (κ3) is 3.89. The van der Waals surface area contributed by atoms with Gasteiger partial charge in [0, 0.05) is 24.7 Å². The molecule has 0 fully saturated rings. The van der Waals surface area contributed by atoms with Gasteiger partial charge in [-0.3, -0.25) is 0 Å². The van der Waals surface area contributed by atoms with E-state index in [0.717, 1.165) is 17.7 Å². The van der Waals surface area contributed by atoms with Gasteiger partial charge in [-0.2, -0.15) is 0 Å². The van der Waals surface area contributed by atoms with Gasteiger partial charge in [-0.1, -0.05) is 42.5 Å². The molecule has 0 saturated heterocycles. The van der Waals surface area contributed by atoms with Gasteiger partial charge in [0.1, 0.15) is 11.5 Å². The summed E-state index contributed by atoms with van der Waals surface area (Å²) in [5.41, 5.74) is 3.23. The Morgan fingerprint density at radius 2 is 1.50 bits per heavy atom. The van der Waals surface area contributed by atoms with Crippen molar-refractivity contribution in [3.63, 3.8) is 0 Å². The van der Waals surface area contributed by atoms with Crippen LogP contribution in [0.25, 0.3) is 5.57 Å². The van der Waals surface area contributed by atoms with Crippen LogP contribution >= 0.6 is 17.0 Å². The van der Waals surface area contributed by atoms with E-state index in [1.54, 1.807) is 24.3 Å². The highest BCUT2D eigenvalue weighted by Gasteiger charge is 2.13. The van der Waals surface area contributed by atoms with Gasteiger partial charge in [0.2, 0.25) is 0 Å². The number of para-hydroxylation sites is 2. The van der Waals surface area contributed by atoms with Crippen LogP contribution in [0.4, 0.5) is 0 Å². The molecule has 0 amide bonds. The first-order valence-corrected chi connectivity index (χ1v) is 7.52. The van der Waals surface area contributed by atoms with Crippen LogP contribution in [0, 0.1) is 0 Å². The lowest BCUT2D eigenvalue weighted by Crippen LogP contribution is -2.13. The van der Waals surface area contributed by atoms with Crippen LogP contribution in [0.1, 0.15) is 11.1 Å². The molecule has 2 N–H and O–H groups in total. The number of aromatic hydroxyl groups is 2. The molecule has 0 aliphatic carbocycles. The van der Waals surface area contributed by atoms with Crippen molar-refractivity contribution in [3.05, 3.63) is 89.7 Å². The molecule has 24 heavy (non-hydrogen) atoms. The van der Waals surface area contributed by atoms with Crippen LogP contribution < -0.4 is 0 Å². The lowest BCUT2D eigenvalue weighted by molar-refractivity contribution is 0.471. The van der Waals surface area contributed by atoms with E-state index in [2.05, 4.69) is 11.0 Å². The molecule has 3 nitrogen and oxygen atoms in total. The SMILES string of the molecule is Br.CN1C=CC(C=C(c2ccccc2O)c2ccccc2O)=CC1. The molecule has 124 valence electrons. The standard InChI is InChI=1S/C20H19NO2.BrH/c1-21-12-10-15(11-13-21)14-18(16-6-2-4-8-19(16)22)17-7-3-5-9-20(17)23;/h2-12,14,22-23H,13H2,1H3;1H. The normalized spacial score (nSPS) is 13.0. The number of phenols is 2. The van der Waals surface area contributed by atoms with Gasteiger partial charge < -0.3 is 15.1 Å². The smallest absolute Gasteiger partial charge is 0.123 e. The van der Waals surface area contributed by atoms with E-state index in [1.165, 1.54) is 0 Å². The topological polar surface area (TPSA) is 43.7 Å². The van der Waals surface area contributed by atoms with Crippen LogP contribution in [0.5, 0.6) is 11.5 Å². The summed E-state index contributed by atoms with van der Waals surface area (Å²) < 4.78 is 0. The zero-order valence-electron chi connectivity index (χ0n) is 13.4. The summed E-state index contributed by atoms with van der Waals surface area (Å²) in [6.45, 7) is 0.831. The van der Waals surface area contributed by atoms with Gasteiger partial charge in [-0.15, -0.1) is 17.0 Å². The van der Waals surface area contributed by atoms with Crippen LogP contribution in [0.3, 0.4) is 0 Å². The molecule has 0 saturated carbocycles. The summed E-state index contributed by atoms with van der Waals surface area (Å²) in [6.07, 6.45) is 8.14. The fourth-order valence-corrected chi connectivity index (χ4v) is 2.57. The van der Waals surface area contributed by atoms with Crippen molar-refractivity contribution in [2.75, 3.05) is 13.6 Å². The van der Waals surface area contributed by atoms with E-state index in [0.29, 0.717) is 11.1 Å². The molecular formula is C20H20BrNO2. The van der Waals surface area contributed by atoms with E-state index in [-0.39, 0.29) is 28.5 Å². The monoisotopic (exact) mass is 385 g/mol. The van der Waals surface area contributed by atoms with Crippen molar-refractivity contribution in [1.82, 2.24) is 4.90 Å². The van der Waals surface area contributed by atoms with E-state index < -0.39 is 0 Å². The molecule has 0 radical (unpaired) electrons. The Hall–Kier alpha value is -2.46. The zero-order valence-corrected chi connectivity index (χ0v) is 15.1. The molecule has 0 bridgehead atoms. The van der Waals surface area contributed by atoms with Crippen LogP contribution in [0.2, 0.25) is 0 Å². The van der Waals surface area contributed by atoms with Crippen LogP contribution in [-0.2, 0) is 0 Å². The number of likely N-dealkylation sites (N-methyl/N-ethyl adjacent to an activating group) is 1. The van der Waals surface area contributed by atoms with Crippen molar-refractivity contribution in [2.45, 2.75) is 0 Å². The van der Waals surface area contributed by atoms with E-state index >= 15 is 0 Å². The number of nitrogens with zero attached hydrogens (tertiary/aromatic N) is 1. The Morgan fingerprint density at radius 3 is 1.96 bits per heavy atom. The van der Waals surface area contributed by atoms with Gasteiger partial charge in [-0.05, 0) is 41.6 Å². The first-order chi connectivity index (χ1) is 11.1. The second-order valence-electron chi connectivity index (χ2n) is 5.55. The van der Waals surface area contributed by atoms with E-state index in [1.807, 2.05) is 49.7 Å². The highest BCUT2D eigenvalue weighted by molar-refractivity contribution is 8.93. The quantitative estimate of drug-likeness (QED) is 0.817. The highest BCUT2D eigenvalue weighted by atomic mass is 79.9. The van der Waals surface area contributed by atoms with Crippen LogP contribution in [0.15, 0.2) is 78.5 Å². The van der Waals surface area contributed by atoms with Crippen molar-refractivity contribution in [1.29, 1.82) is 0 Å². The Bertz CT molecular complexity index is 761. The third-order valence-corrected chi connectivity index (χ3v) is 3.84. The average Bonchev–Trinajstić information content (AvgIpc) is 2.56. The first kappa shape index (κ1) is 17.9. The Labute approximate surface area is 152 Å². The minimum absolute atomic E-state index is 0. The molecule has 1 aliphatic heterocycles. The van der Waals surface area contributed by atoms with Crippen molar-refractivity contribution in [2.24, 2.45) is 0 Å². The maximum atomic E-state index is 10.2. The second-order valence-corrected chi connectivity index (χ2v) is 5.55. The lowest BCUT2D eigenvalue weighted by Gasteiger charge is -2.17. The minimum atomic E-state index is 0. The highest BCUT2D eigenvalue weighted by Crippen LogP contribution is 2.35. The van der Waals surface area contributed by atoms with Crippen LogP contribution in [-0.4, -0.2) is 28.7 Å². The largest absolute Gasteiger partial charge is 0.507 e. The van der Waals surface area contributed by atoms with Crippen molar-refractivity contribution in [3.8, 4) is 11.5 Å². The zero-order chi connectivity index (χ0) is 16.2. The summed E-state index contributed by atoms with van der Waals surface area (Å²) in [6, 6.07) is 14.3. The Morgan fingerprint density at radius 1 is 0.958 bits per heavy atom. The predicted octanol–water partition coefficient (Wildman–Crippen LogP) is 4.49. The average molecular weight is 386 g/mol. The fourth-order valence-electron chi connectivity index (χ4n) is 2.57. The molecule has 2 aromatic carbocycles. The molecule has 0 unspecified atom stereocenters. The molecule has 0 atom stereocenters. The maximum absolute atomic E-state index is 10.2. The van der Waals surface area contributed by atoms with E-state index in [4.69, 9.17) is 0 Å². The molecule has 2 aromatic rings. The molecule has 3 rings (SSSR count). The number of halogens is 1. The fraction of sp³-hybridized carbons (Fsp3) is 0.100. The summed E-state index contributed by atoms with van der Waals surface area (Å²) >= 11 is 0. The van der Waals surface area contributed by atoms with Crippen molar-refractivity contribution >= 4 is 22.6 Å². The molecule has 0 aromatic heterocycles. The molecule has 1 heterocycles. The molecular weight excluding hydrogens is 366 g/mol. The molecule has 1 aliphatic rings. The number of benzene rings is 2. The number of allylic oxidation sites excluding steroid dienone is 3. The third-order valence-electron chi connectivity index (χ3n) is 3.84. The Balaban J connectivity index is 0.00000208. The summed E-state index contributed by atoms with van der Waals surface area (Å²) in [4.78, 5) is 2.08. The predicted molar refractivity (Wildman–Crippen MR) is 103 cm³/mol. The maximum Gasteiger partial charge on any atom is 0.123 e. The number of hydrogen-bond donors (Lipinski definition) is 2. The van der Waals surface area contributed by atoms with Crippen molar-refractivity contribution < 1.29 is 10.2 Å². The summed E-state index contributed by atoms with van der Waals surface area (Å²) in [5, 5.41) is 20.5. The number of phenolic OH excluding ortho intramolecular Hbond substituents is 2. The lowest BCUT2D eigenvalue weighted by atomic mass is 9.94. The van der Waals surface area contributed by atoms with Gasteiger partial charge in [0.05, 0.1) is 0 Å². The number of rotatable bonds is 3. The van der Waals surface area contributed by atoms with Gasteiger partial charge in [0.15, 0.2) is 0 Å². The summed E-state index contributed by atoms with van der Waals surface area (Å²) in [7, 11) is 2.01. The Kier molecular flexibility index (Phi) is 5.88. The molecule has 0 spiro atoms. The summed E-state index contributed by atoms with van der Waals surface area (Å²) in [5.74, 6) is 0.388. The first-order valence-electron chi connectivity index (χ1n) is 7.52. The van der Waals surface area contributed by atoms with Gasteiger partial charge in [-0.25, -0.2) is 0 Å². The second kappa shape index (κ2) is 7.88. The number of hydrogen-bond acceptors (Lipinski definition) is 3. The van der Waals surface area contributed by atoms with Gasteiger partial charge in [0.25, 0.3) is 0 Å².